The van der Waals surface area contributed by atoms with Crippen molar-refractivity contribution in [3.05, 3.63) is 93.2 Å². The summed E-state index contributed by atoms with van der Waals surface area (Å²) in [4.78, 5) is 26.6. The van der Waals surface area contributed by atoms with Crippen LogP contribution in [0.25, 0.3) is 0 Å². The van der Waals surface area contributed by atoms with Crippen LogP contribution in [0.2, 0.25) is 10.0 Å². The van der Waals surface area contributed by atoms with E-state index in [1.165, 1.54) is 13.1 Å². The second kappa shape index (κ2) is 9.54. The lowest BCUT2D eigenvalue weighted by atomic mass is 10.1. The monoisotopic (exact) mass is 560 g/mol. The summed E-state index contributed by atoms with van der Waals surface area (Å²) in [6.07, 6.45) is 0. The zero-order valence-corrected chi connectivity index (χ0v) is 20.8. The van der Waals surface area contributed by atoms with Crippen molar-refractivity contribution in [2.75, 3.05) is 17.3 Å². The molecule has 4 rings (SSSR count). The van der Waals surface area contributed by atoms with Gasteiger partial charge in [0.15, 0.2) is 0 Å². The van der Waals surface area contributed by atoms with Gasteiger partial charge in [0.05, 0.1) is 27.2 Å². The third-order valence-corrected chi connectivity index (χ3v) is 7.36. The second-order valence-electron chi connectivity index (χ2n) is 7.95. The van der Waals surface area contributed by atoms with Crippen LogP contribution in [0.15, 0.2) is 54.6 Å². The van der Waals surface area contributed by atoms with Gasteiger partial charge in [-0.1, -0.05) is 29.3 Å². The number of nitrogens with zero attached hydrogens (tertiary/aromatic N) is 1. The molecule has 0 unspecified atom stereocenters. The van der Waals surface area contributed by atoms with E-state index in [9.17, 15) is 22.8 Å². The summed E-state index contributed by atoms with van der Waals surface area (Å²) >= 11 is 24.7. The molecule has 4 nitrogen and oxygen atoms in total. The lowest BCUT2D eigenvalue weighted by Crippen LogP contribution is -2.28. The standard InChI is InChI=1S/C24H15Cl4F3N2O2/c1-33(19-7-3-12(29)9-18(19)31)23(35)14-10-13(4-6-17(14)30)32-22(34)21-20(24(21,27)28)11-2-5-15(25)16(26)8-11/h2-10,20-21H,1H3,(H,32,34)/t20-,21+/m0/s1. The molecule has 1 saturated carbocycles. The highest BCUT2D eigenvalue weighted by Crippen LogP contribution is 2.65. The van der Waals surface area contributed by atoms with Gasteiger partial charge in [-0.3, -0.25) is 9.59 Å². The van der Waals surface area contributed by atoms with Crippen LogP contribution in [0, 0.1) is 23.4 Å². The summed E-state index contributed by atoms with van der Waals surface area (Å²) in [5, 5.41) is 3.19. The summed E-state index contributed by atoms with van der Waals surface area (Å²) < 4.78 is 40.3. The van der Waals surface area contributed by atoms with Gasteiger partial charge in [-0.05, 0) is 48.0 Å². The molecule has 1 fully saturated rings. The van der Waals surface area contributed by atoms with Gasteiger partial charge in [-0.2, -0.15) is 0 Å². The fourth-order valence-electron chi connectivity index (χ4n) is 3.80. The van der Waals surface area contributed by atoms with E-state index in [1.54, 1.807) is 18.2 Å². The zero-order valence-electron chi connectivity index (χ0n) is 17.8. The van der Waals surface area contributed by atoms with Crippen molar-refractivity contribution in [2.45, 2.75) is 10.3 Å². The molecule has 3 aromatic rings. The molecule has 0 aliphatic heterocycles. The van der Waals surface area contributed by atoms with Gasteiger partial charge in [-0.25, -0.2) is 13.2 Å². The molecule has 0 aromatic heterocycles. The molecule has 0 bridgehead atoms. The van der Waals surface area contributed by atoms with Crippen LogP contribution in [0.1, 0.15) is 21.8 Å². The number of carbonyl (C=O) groups is 2. The number of benzene rings is 3. The number of hydrogen-bond donors (Lipinski definition) is 1. The average molecular weight is 562 g/mol. The Morgan fingerprint density at radius 1 is 0.914 bits per heavy atom. The van der Waals surface area contributed by atoms with Crippen molar-refractivity contribution in [3.63, 3.8) is 0 Å². The Hall–Kier alpha value is -2.45. The summed E-state index contributed by atoms with van der Waals surface area (Å²) in [6, 6.07) is 10.8. The van der Waals surface area contributed by atoms with Crippen LogP contribution in [-0.4, -0.2) is 23.2 Å². The van der Waals surface area contributed by atoms with Crippen LogP contribution in [0.3, 0.4) is 0 Å². The van der Waals surface area contributed by atoms with E-state index >= 15 is 0 Å². The smallest absolute Gasteiger partial charge is 0.261 e. The van der Waals surface area contributed by atoms with Gasteiger partial charge in [-0.15, -0.1) is 23.2 Å². The van der Waals surface area contributed by atoms with E-state index in [4.69, 9.17) is 46.4 Å². The van der Waals surface area contributed by atoms with E-state index < -0.39 is 51.0 Å². The highest BCUT2D eigenvalue weighted by molar-refractivity contribution is 6.53. The molecule has 2 atom stereocenters. The van der Waals surface area contributed by atoms with Crippen LogP contribution in [0.4, 0.5) is 24.5 Å². The lowest BCUT2D eigenvalue weighted by molar-refractivity contribution is -0.117. The predicted octanol–water partition coefficient (Wildman–Crippen LogP) is 7.21. The molecule has 11 heteroatoms. The maximum absolute atomic E-state index is 14.5. The quantitative estimate of drug-likeness (QED) is 0.334. The first kappa shape index (κ1) is 25.6. The minimum absolute atomic E-state index is 0.0941. The lowest BCUT2D eigenvalue weighted by Gasteiger charge is -2.19. The van der Waals surface area contributed by atoms with E-state index in [0.717, 1.165) is 29.2 Å². The number of anilines is 2. The number of amides is 2. The Morgan fingerprint density at radius 2 is 1.63 bits per heavy atom. The molecule has 1 aliphatic carbocycles. The molecule has 0 saturated heterocycles. The molecule has 2 amide bonds. The number of halogens is 7. The van der Waals surface area contributed by atoms with E-state index in [1.807, 2.05) is 0 Å². The van der Waals surface area contributed by atoms with Crippen LogP contribution in [-0.2, 0) is 4.79 Å². The third kappa shape index (κ3) is 4.96. The van der Waals surface area contributed by atoms with Crippen molar-refractivity contribution in [1.29, 1.82) is 0 Å². The van der Waals surface area contributed by atoms with E-state index in [-0.39, 0.29) is 16.4 Å². The van der Waals surface area contributed by atoms with Gasteiger partial charge in [0.1, 0.15) is 21.8 Å². The van der Waals surface area contributed by atoms with Crippen molar-refractivity contribution < 1.29 is 22.8 Å². The fraction of sp³-hybridized carbons (Fsp3) is 0.167. The Balaban J connectivity index is 1.54. The minimum Gasteiger partial charge on any atom is -0.326 e. The van der Waals surface area contributed by atoms with Crippen molar-refractivity contribution in [3.8, 4) is 0 Å². The molecular formula is C24H15Cl4F3N2O2. The molecule has 0 heterocycles. The van der Waals surface area contributed by atoms with Gasteiger partial charge >= 0.3 is 0 Å². The van der Waals surface area contributed by atoms with Gasteiger partial charge in [0.25, 0.3) is 5.91 Å². The van der Waals surface area contributed by atoms with Gasteiger partial charge in [0, 0.05) is 24.7 Å². The number of carbonyl (C=O) groups excluding carboxylic acids is 2. The summed E-state index contributed by atoms with van der Waals surface area (Å²) in [6.45, 7) is 0. The summed E-state index contributed by atoms with van der Waals surface area (Å²) in [5.74, 6) is -5.61. The molecule has 182 valence electrons. The van der Waals surface area contributed by atoms with Crippen LogP contribution < -0.4 is 10.2 Å². The first-order chi connectivity index (χ1) is 16.4. The molecular weight excluding hydrogens is 547 g/mol. The Labute approximate surface area is 218 Å². The molecule has 35 heavy (non-hydrogen) atoms. The fourth-order valence-corrected chi connectivity index (χ4v) is 4.94. The maximum atomic E-state index is 14.5. The topological polar surface area (TPSA) is 49.4 Å². The van der Waals surface area contributed by atoms with E-state index in [2.05, 4.69) is 5.32 Å². The second-order valence-corrected chi connectivity index (χ2v) is 10.2. The Morgan fingerprint density at radius 3 is 2.29 bits per heavy atom. The van der Waals surface area contributed by atoms with Gasteiger partial charge < -0.3 is 10.2 Å². The summed E-state index contributed by atoms with van der Waals surface area (Å²) in [5.41, 5.74) is 0.0229. The minimum atomic E-state index is -1.42. The number of hydrogen-bond acceptors (Lipinski definition) is 2. The predicted molar refractivity (Wildman–Crippen MR) is 131 cm³/mol. The molecule has 0 spiro atoms. The first-order valence-electron chi connectivity index (χ1n) is 10.1. The highest BCUT2D eigenvalue weighted by atomic mass is 35.5. The van der Waals surface area contributed by atoms with Crippen molar-refractivity contribution in [2.24, 2.45) is 5.92 Å². The first-order valence-corrected chi connectivity index (χ1v) is 11.6. The number of alkyl halides is 2. The SMILES string of the molecule is CN(C(=O)c1cc(NC(=O)[C@H]2[C@H](c3ccc(Cl)c(Cl)c3)C2(Cl)Cl)ccc1F)c1ccc(F)cc1F. The molecule has 3 aromatic carbocycles. The Kier molecular flexibility index (Phi) is 6.99. The third-order valence-electron chi connectivity index (χ3n) is 5.68. The normalized spacial score (nSPS) is 18.2. The molecule has 0 radical (unpaired) electrons. The highest BCUT2D eigenvalue weighted by Gasteiger charge is 2.67. The van der Waals surface area contributed by atoms with E-state index in [0.29, 0.717) is 16.7 Å². The van der Waals surface area contributed by atoms with Crippen LogP contribution >= 0.6 is 46.4 Å². The maximum Gasteiger partial charge on any atom is 0.261 e. The summed E-state index contributed by atoms with van der Waals surface area (Å²) in [7, 11) is 1.21. The average Bonchev–Trinajstić information content (AvgIpc) is 3.38. The zero-order chi connectivity index (χ0) is 25.7. The van der Waals surface area contributed by atoms with Crippen molar-refractivity contribution in [1.82, 2.24) is 0 Å². The largest absolute Gasteiger partial charge is 0.326 e. The number of rotatable bonds is 5. The number of nitrogens with one attached hydrogen (secondary N) is 1. The van der Waals surface area contributed by atoms with Crippen molar-refractivity contribution >= 4 is 69.6 Å². The van der Waals surface area contributed by atoms with Crippen LogP contribution in [0.5, 0.6) is 0 Å². The molecule has 1 aliphatic rings. The van der Waals surface area contributed by atoms with Gasteiger partial charge in [0.2, 0.25) is 5.91 Å². The molecule has 1 N–H and O–H groups in total. The Bertz CT molecular complexity index is 1350.